The molecule has 0 saturated heterocycles. The Bertz CT molecular complexity index is 233. The second-order valence-electron chi connectivity index (χ2n) is 3.37. The number of hydrogen-bond acceptors (Lipinski definition) is 1. The molecule has 0 amide bonds. The highest BCUT2D eigenvalue weighted by Crippen LogP contribution is 2.21. The van der Waals surface area contributed by atoms with E-state index in [1.165, 1.54) is 5.56 Å². The van der Waals surface area contributed by atoms with E-state index in [-0.39, 0.29) is 0 Å². The van der Waals surface area contributed by atoms with Gasteiger partial charge in [0.25, 0.3) is 0 Å². The molecule has 1 rings (SSSR count). The van der Waals surface area contributed by atoms with Crippen molar-refractivity contribution >= 4 is 11.6 Å². The van der Waals surface area contributed by atoms with Crippen LogP contribution in [0.1, 0.15) is 18.0 Å². The molecule has 1 aromatic carbocycles. The summed E-state index contributed by atoms with van der Waals surface area (Å²) in [5.74, 6) is 0.706. The number of nitrogens with zero attached hydrogens (tertiary/aromatic N) is 1. The van der Waals surface area contributed by atoms with Gasteiger partial charge in [0, 0.05) is 11.9 Å². The summed E-state index contributed by atoms with van der Waals surface area (Å²) in [5.41, 5.74) is 1.34. The molecule has 0 bridgehead atoms. The minimum absolute atomic E-state index is 0.443. The van der Waals surface area contributed by atoms with E-state index in [1.807, 2.05) is 6.07 Å². The normalized spacial score (nSPS) is 13.2. The zero-order chi connectivity index (χ0) is 9.68. The van der Waals surface area contributed by atoms with Crippen molar-refractivity contribution in [2.24, 2.45) is 0 Å². The number of benzene rings is 1. The van der Waals surface area contributed by atoms with Crippen LogP contribution in [0.15, 0.2) is 30.3 Å². The van der Waals surface area contributed by atoms with Crippen molar-refractivity contribution in [2.75, 3.05) is 20.0 Å². The van der Waals surface area contributed by atoms with Gasteiger partial charge in [0.05, 0.1) is 0 Å². The highest BCUT2D eigenvalue weighted by Gasteiger charge is 2.11. The summed E-state index contributed by atoms with van der Waals surface area (Å²) in [6, 6.07) is 10.9. The van der Waals surface area contributed by atoms with E-state index in [2.05, 4.69) is 43.3 Å². The molecule has 0 heterocycles. The number of rotatable bonds is 4. The lowest BCUT2D eigenvalue weighted by Gasteiger charge is -2.23. The molecule has 72 valence electrons. The molecule has 1 unspecified atom stereocenters. The van der Waals surface area contributed by atoms with Crippen molar-refractivity contribution in [3.05, 3.63) is 35.9 Å². The Labute approximate surface area is 85.3 Å². The molecule has 0 aromatic heterocycles. The summed E-state index contributed by atoms with van der Waals surface area (Å²) < 4.78 is 0. The van der Waals surface area contributed by atoms with Gasteiger partial charge < -0.3 is 4.90 Å². The molecule has 2 heteroatoms. The Morgan fingerprint density at radius 1 is 1.23 bits per heavy atom. The molecule has 0 saturated carbocycles. The highest BCUT2D eigenvalue weighted by atomic mass is 35.5. The van der Waals surface area contributed by atoms with Crippen molar-refractivity contribution in [3.63, 3.8) is 0 Å². The summed E-state index contributed by atoms with van der Waals surface area (Å²) in [5, 5.41) is 0. The predicted octanol–water partition coefficient (Wildman–Crippen LogP) is 2.92. The van der Waals surface area contributed by atoms with Gasteiger partial charge in [0.2, 0.25) is 0 Å². The van der Waals surface area contributed by atoms with Crippen LogP contribution in [-0.4, -0.2) is 24.9 Å². The van der Waals surface area contributed by atoms with Crippen LogP contribution in [0.2, 0.25) is 0 Å². The Morgan fingerprint density at radius 2 is 1.85 bits per heavy atom. The monoisotopic (exact) mass is 197 g/mol. The third-order valence-electron chi connectivity index (χ3n) is 2.19. The molecule has 0 aliphatic carbocycles. The molecule has 0 spiro atoms. The van der Waals surface area contributed by atoms with Crippen molar-refractivity contribution < 1.29 is 0 Å². The SMILES string of the molecule is CN(C)C(CCCl)c1ccccc1. The first-order chi connectivity index (χ1) is 6.25. The fraction of sp³-hybridized carbons (Fsp3) is 0.455. The van der Waals surface area contributed by atoms with E-state index >= 15 is 0 Å². The van der Waals surface area contributed by atoms with Crippen LogP contribution < -0.4 is 0 Å². The molecule has 0 aliphatic heterocycles. The van der Waals surface area contributed by atoms with Crippen molar-refractivity contribution in [3.8, 4) is 0 Å². The second-order valence-corrected chi connectivity index (χ2v) is 3.75. The predicted molar refractivity (Wildman–Crippen MR) is 58.2 cm³/mol. The molecular formula is C11H16ClN. The number of halogens is 1. The van der Waals surface area contributed by atoms with Crippen LogP contribution in [0, 0.1) is 0 Å². The average molecular weight is 198 g/mol. The quantitative estimate of drug-likeness (QED) is 0.671. The number of hydrogen-bond donors (Lipinski definition) is 0. The Morgan fingerprint density at radius 3 is 2.31 bits per heavy atom. The van der Waals surface area contributed by atoms with Gasteiger partial charge in [-0.2, -0.15) is 0 Å². The molecule has 0 fully saturated rings. The first-order valence-corrected chi connectivity index (χ1v) is 5.06. The van der Waals surface area contributed by atoms with E-state index in [1.54, 1.807) is 0 Å². The maximum atomic E-state index is 5.76. The van der Waals surface area contributed by atoms with Crippen LogP contribution in [0.5, 0.6) is 0 Å². The van der Waals surface area contributed by atoms with Gasteiger partial charge in [0.1, 0.15) is 0 Å². The van der Waals surface area contributed by atoms with E-state index in [0.717, 1.165) is 6.42 Å². The smallest absolute Gasteiger partial charge is 0.0353 e. The molecule has 0 aliphatic rings. The molecule has 1 nitrogen and oxygen atoms in total. The van der Waals surface area contributed by atoms with E-state index in [9.17, 15) is 0 Å². The van der Waals surface area contributed by atoms with Crippen LogP contribution in [0.25, 0.3) is 0 Å². The lowest BCUT2D eigenvalue weighted by molar-refractivity contribution is 0.293. The van der Waals surface area contributed by atoms with E-state index < -0.39 is 0 Å². The summed E-state index contributed by atoms with van der Waals surface area (Å²) >= 11 is 5.76. The summed E-state index contributed by atoms with van der Waals surface area (Å²) in [7, 11) is 4.18. The summed E-state index contributed by atoms with van der Waals surface area (Å²) in [4.78, 5) is 2.21. The molecule has 1 aromatic rings. The maximum absolute atomic E-state index is 5.76. The largest absolute Gasteiger partial charge is 0.302 e. The first kappa shape index (κ1) is 10.6. The zero-order valence-corrected chi connectivity index (χ0v) is 8.96. The van der Waals surface area contributed by atoms with Crippen molar-refractivity contribution in [1.29, 1.82) is 0 Å². The summed E-state index contributed by atoms with van der Waals surface area (Å²) in [6.45, 7) is 0. The molecule has 0 N–H and O–H groups in total. The van der Waals surface area contributed by atoms with Crippen molar-refractivity contribution in [1.82, 2.24) is 4.90 Å². The third-order valence-corrected chi connectivity index (χ3v) is 2.41. The third kappa shape index (κ3) is 3.02. The van der Waals surface area contributed by atoms with Crippen molar-refractivity contribution in [2.45, 2.75) is 12.5 Å². The van der Waals surface area contributed by atoms with Crippen LogP contribution in [-0.2, 0) is 0 Å². The maximum Gasteiger partial charge on any atom is 0.0353 e. The fourth-order valence-corrected chi connectivity index (χ4v) is 1.71. The Hall–Kier alpha value is -0.530. The lowest BCUT2D eigenvalue weighted by Crippen LogP contribution is -2.20. The minimum atomic E-state index is 0.443. The molecule has 13 heavy (non-hydrogen) atoms. The zero-order valence-electron chi connectivity index (χ0n) is 8.20. The Balaban J connectivity index is 2.76. The fourth-order valence-electron chi connectivity index (χ4n) is 1.50. The van der Waals surface area contributed by atoms with Crippen LogP contribution in [0.3, 0.4) is 0 Å². The summed E-state index contributed by atoms with van der Waals surface area (Å²) in [6.07, 6.45) is 0.999. The first-order valence-electron chi connectivity index (χ1n) is 4.53. The molecular weight excluding hydrogens is 182 g/mol. The van der Waals surface area contributed by atoms with Crippen LogP contribution >= 0.6 is 11.6 Å². The van der Waals surface area contributed by atoms with E-state index in [4.69, 9.17) is 11.6 Å². The topological polar surface area (TPSA) is 3.24 Å². The Kier molecular flexibility index (Phi) is 4.26. The standard InChI is InChI=1S/C11H16ClN/c1-13(2)11(8-9-12)10-6-4-3-5-7-10/h3-7,11H,8-9H2,1-2H3. The lowest BCUT2D eigenvalue weighted by atomic mass is 10.0. The van der Waals surface area contributed by atoms with E-state index in [0.29, 0.717) is 11.9 Å². The second kappa shape index (κ2) is 5.25. The van der Waals surface area contributed by atoms with Gasteiger partial charge in [-0.3, -0.25) is 0 Å². The highest BCUT2D eigenvalue weighted by molar-refractivity contribution is 6.17. The van der Waals surface area contributed by atoms with Gasteiger partial charge in [0.15, 0.2) is 0 Å². The molecule has 0 radical (unpaired) electrons. The average Bonchev–Trinajstić information content (AvgIpc) is 2.15. The van der Waals surface area contributed by atoms with Gasteiger partial charge in [-0.1, -0.05) is 30.3 Å². The van der Waals surface area contributed by atoms with Gasteiger partial charge in [-0.25, -0.2) is 0 Å². The molecule has 1 atom stereocenters. The van der Waals surface area contributed by atoms with Gasteiger partial charge in [-0.05, 0) is 26.1 Å². The number of alkyl halides is 1. The minimum Gasteiger partial charge on any atom is -0.302 e. The van der Waals surface area contributed by atoms with Gasteiger partial charge >= 0.3 is 0 Å². The van der Waals surface area contributed by atoms with Gasteiger partial charge in [-0.15, -0.1) is 11.6 Å². The van der Waals surface area contributed by atoms with Crippen LogP contribution in [0.4, 0.5) is 0 Å².